The maximum atomic E-state index is 12.3. The molecule has 0 bridgehead atoms. The molecule has 0 fully saturated rings. The van der Waals surface area contributed by atoms with E-state index >= 15 is 0 Å². The third-order valence-electron chi connectivity index (χ3n) is 4.00. The number of ether oxygens (including phenoxy) is 1. The number of anilines is 2. The Morgan fingerprint density at radius 1 is 1.03 bits per heavy atom. The summed E-state index contributed by atoms with van der Waals surface area (Å²) < 4.78 is 10.5. The standard InChI is InChI=1S/C21H22N4O4/c1-3-7-18-24-19(29-25-18)14(2)28-20(26)15-10-12-17(13-11-15)23-21(27)22-16-8-5-4-6-9-16/h4-6,8-14H,3,7H2,1-2H3,(H2,22,23,27). The van der Waals surface area contributed by atoms with Crippen molar-refractivity contribution in [2.75, 3.05) is 10.6 Å². The molecule has 0 aliphatic heterocycles. The maximum Gasteiger partial charge on any atom is 0.338 e. The molecular weight excluding hydrogens is 372 g/mol. The quantitative estimate of drug-likeness (QED) is 0.568. The van der Waals surface area contributed by atoms with Crippen molar-refractivity contribution in [1.29, 1.82) is 0 Å². The monoisotopic (exact) mass is 394 g/mol. The Balaban J connectivity index is 1.54. The van der Waals surface area contributed by atoms with Gasteiger partial charge in [0.25, 0.3) is 5.89 Å². The van der Waals surface area contributed by atoms with Gasteiger partial charge in [0.15, 0.2) is 11.9 Å². The highest BCUT2D eigenvalue weighted by molar-refractivity contribution is 6.00. The molecule has 0 radical (unpaired) electrons. The van der Waals surface area contributed by atoms with Crippen LogP contribution in [-0.2, 0) is 11.2 Å². The van der Waals surface area contributed by atoms with E-state index < -0.39 is 12.1 Å². The fraction of sp³-hybridized carbons (Fsp3) is 0.238. The Morgan fingerprint density at radius 3 is 2.34 bits per heavy atom. The molecule has 2 amide bonds. The van der Waals surface area contributed by atoms with E-state index in [9.17, 15) is 9.59 Å². The van der Waals surface area contributed by atoms with Crippen LogP contribution >= 0.6 is 0 Å². The van der Waals surface area contributed by atoms with Crippen molar-refractivity contribution in [3.05, 3.63) is 71.9 Å². The fourth-order valence-electron chi connectivity index (χ4n) is 2.54. The van der Waals surface area contributed by atoms with E-state index in [0.717, 1.165) is 6.42 Å². The molecule has 0 aliphatic rings. The Kier molecular flexibility index (Phi) is 6.57. The van der Waals surface area contributed by atoms with Crippen molar-refractivity contribution in [1.82, 2.24) is 10.1 Å². The van der Waals surface area contributed by atoms with Crippen LogP contribution in [0.25, 0.3) is 0 Å². The predicted molar refractivity (Wildman–Crippen MR) is 108 cm³/mol. The van der Waals surface area contributed by atoms with Gasteiger partial charge in [-0.15, -0.1) is 0 Å². The largest absolute Gasteiger partial charge is 0.449 e. The number of hydrogen-bond acceptors (Lipinski definition) is 6. The van der Waals surface area contributed by atoms with Gasteiger partial charge in [0.2, 0.25) is 0 Å². The number of aryl methyl sites for hydroxylation is 1. The molecular formula is C21H22N4O4. The molecule has 1 heterocycles. The van der Waals surface area contributed by atoms with Crippen molar-refractivity contribution in [3.63, 3.8) is 0 Å². The smallest absolute Gasteiger partial charge is 0.338 e. The van der Waals surface area contributed by atoms with Gasteiger partial charge >= 0.3 is 12.0 Å². The number of carbonyl (C=O) groups is 2. The van der Waals surface area contributed by atoms with Crippen molar-refractivity contribution in [3.8, 4) is 0 Å². The summed E-state index contributed by atoms with van der Waals surface area (Å²) in [5.74, 6) is 0.334. The summed E-state index contributed by atoms with van der Waals surface area (Å²) in [6, 6.07) is 15.1. The summed E-state index contributed by atoms with van der Waals surface area (Å²) >= 11 is 0. The molecule has 8 nitrogen and oxygen atoms in total. The summed E-state index contributed by atoms with van der Waals surface area (Å²) in [6.07, 6.45) is 0.947. The lowest BCUT2D eigenvalue weighted by atomic mass is 10.2. The van der Waals surface area contributed by atoms with Crippen molar-refractivity contribution >= 4 is 23.4 Å². The highest BCUT2D eigenvalue weighted by Gasteiger charge is 2.19. The fourth-order valence-corrected chi connectivity index (χ4v) is 2.54. The Bertz CT molecular complexity index is 954. The molecule has 150 valence electrons. The number of amides is 2. The average molecular weight is 394 g/mol. The minimum absolute atomic E-state index is 0.262. The Labute approximate surface area is 168 Å². The van der Waals surface area contributed by atoms with Gasteiger partial charge in [-0.05, 0) is 49.7 Å². The number of nitrogens with one attached hydrogen (secondary N) is 2. The minimum atomic E-state index is -0.657. The SMILES string of the molecule is CCCc1noc(C(C)OC(=O)c2ccc(NC(=O)Nc3ccccc3)cc2)n1. The average Bonchev–Trinajstić information content (AvgIpc) is 3.18. The minimum Gasteiger partial charge on any atom is -0.449 e. The van der Waals surface area contributed by atoms with E-state index in [1.54, 1.807) is 43.3 Å². The van der Waals surface area contributed by atoms with Crippen LogP contribution in [0, 0.1) is 0 Å². The summed E-state index contributed by atoms with van der Waals surface area (Å²) in [6.45, 7) is 3.69. The zero-order valence-electron chi connectivity index (χ0n) is 16.2. The lowest BCUT2D eigenvalue weighted by Crippen LogP contribution is -2.19. The number of nitrogens with zero attached hydrogens (tertiary/aromatic N) is 2. The first-order valence-corrected chi connectivity index (χ1v) is 9.31. The van der Waals surface area contributed by atoms with Gasteiger partial charge < -0.3 is 19.9 Å². The van der Waals surface area contributed by atoms with Gasteiger partial charge in [-0.3, -0.25) is 0 Å². The van der Waals surface area contributed by atoms with Crippen LogP contribution in [0.2, 0.25) is 0 Å². The highest BCUT2D eigenvalue weighted by Crippen LogP contribution is 2.18. The van der Waals surface area contributed by atoms with Crippen LogP contribution in [0.15, 0.2) is 59.1 Å². The normalized spacial score (nSPS) is 11.5. The topological polar surface area (TPSA) is 106 Å². The molecule has 2 aromatic carbocycles. The van der Waals surface area contributed by atoms with Crippen LogP contribution in [0.1, 0.15) is 48.4 Å². The van der Waals surface area contributed by atoms with Gasteiger partial charge in [0.05, 0.1) is 5.56 Å². The predicted octanol–water partition coefficient (Wildman–Crippen LogP) is 4.58. The van der Waals surface area contributed by atoms with Crippen molar-refractivity contribution in [2.24, 2.45) is 0 Å². The van der Waals surface area contributed by atoms with Gasteiger partial charge in [-0.1, -0.05) is 30.3 Å². The van der Waals surface area contributed by atoms with E-state index in [1.165, 1.54) is 0 Å². The molecule has 1 atom stereocenters. The lowest BCUT2D eigenvalue weighted by Gasteiger charge is -2.10. The number of aromatic nitrogens is 2. The Morgan fingerprint density at radius 2 is 1.69 bits per heavy atom. The molecule has 0 saturated carbocycles. The van der Waals surface area contributed by atoms with Gasteiger partial charge in [0, 0.05) is 17.8 Å². The van der Waals surface area contributed by atoms with Crippen LogP contribution < -0.4 is 10.6 Å². The number of esters is 1. The van der Waals surface area contributed by atoms with Gasteiger partial charge in [0.1, 0.15) is 0 Å². The third-order valence-corrected chi connectivity index (χ3v) is 4.00. The van der Waals surface area contributed by atoms with E-state index in [0.29, 0.717) is 29.2 Å². The van der Waals surface area contributed by atoms with Gasteiger partial charge in [-0.25, -0.2) is 9.59 Å². The van der Waals surface area contributed by atoms with E-state index in [4.69, 9.17) is 9.26 Å². The molecule has 2 N–H and O–H groups in total. The third kappa shape index (κ3) is 5.65. The van der Waals surface area contributed by atoms with E-state index in [1.807, 2.05) is 25.1 Å². The molecule has 1 aromatic heterocycles. The number of rotatable bonds is 7. The second kappa shape index (κ2) is 9.50. The second-order valence-electron chi connectivity index (χ2n) is 6.37. The summed E-state index contributed by atoms with van der Waals surface area (Å²) in [5.41, 5.74) is 1.57. The molecule has 3 rings (SSSR count). The highest BCUT2D eigenvalue weighted by atomic mass is 16.6. The van der Waals surface area contributed by atoms with Crippen LogP contribution in [-0.4, -0.2) is 22.1 Å². The first kappa shape index (κ1) is 20.1. The lowest BCUT2D eigenvalue weighted by molar-refractivity contribution is 0.0265. The summed E-state index contributed by atoms with van der Waals surface area (Å²) in [7, 11) is 0. The summed E-state index contributed by atoms with van der Waals surface area (Å²) in [4.78, 5) is 28.6. The number of urea groups is 1. The van der Waals surface area contributed by atoms with Crippen LogP contribution in [0.4, 0.5) is 16.2 Å². The van der Waals surface area contributed by atoms with Crippen molar-refractivity contribution < 1.29 is 18.8 Å². The zero-order chi connectivity index (χ0) is 20.6. The van der Waals surface area contributed by atoms with Gasteiger partial charge in [-0.2, -0.15) is 4.98 Å². The number of para-hydroxylation sites is 1. The second-order valence-corrected chi connectivity index (χ2v) is 6.37. The molecule has 3 aromatic rings. The first-order chi connectivity index (χ1) is 14.0. The number of hydrogen-bond donors (Lipinski definition) is 2. The summed E-state index contributed by atoms with van der Waals surface area (Å²) in [5, 5.41) is 9.27. The molecule has 1 unspecified atom stereocenters. The van der Waals surface area contributed by atoms with E-state index in [2.05, 4.69) is 20.8 Å². The first-order valence-electron chi connectivity index (χ1n) is 9.31. The van der Waals surface area contributed by atoms with E-state index in [-0.39, 0.29) is 11.9 Å². The van der Waals surface area contributed by atoms with Crippen molar-refractivity contribution in [2.45, 2.75) is 32.8 Å². The van der Waals surface area contributed by atoms with Crippen LogP contribution in [0.5, 0.6) is 0 Å². The number of carbonyl (C=O) groups excluding carboxylic acids is 2. The maximum absolute atomic E-state index is 12.3. The molecule has 0 saturated heterocycles. The molecule has 29 heavy (non-hydrogen) atoms. The zero-order valence-corrected chi connectivity index (χ0v) is 16.2. The molecule has 0 spiro atoms. The molecule has 8 heteroatoms. The van der Waals surface area contributed by atoms with Crippen LogP contribution in [0.3, 0.4) is 0 Å². The number of benzene rings is 2. The Hall–Kier alpha value is -3.68. The molecule has 0 aliphatic carbocycles.